The number of rotatable bonds is 2. The molecule has 0 aliphatic carbocycles. The van der Waals surface area contributed by atoms with Crippen LogP contribution in [0.1, 0.15) is 0 Å². The summed E-state index contributed by atoms with van der Waals surface area (Å²) >= 11 is 1.82. The first-order valence-electron chi connectivity index (χ1n) is 2.83. The van der Waals surface area contributed by atoms with Crippen LogP contribution < -0.4 is 5.32 Å². The maximum Gasteiger partial charge on any atom is 0.0338 e. The summed E-state index contributed by atoms with van der Waals surface area (Å²) in [6.07, 6.45) is 2.12. The first-order valence-corrected chi connectivity index (χ1v) is 4.01. The maximum atomic E-state index is 3.21. The van der Waals surface area contributed by atoms with Crippen LogP contribution in [0.2, 0.25) is 0 Å². The lowest BCUT2D eigenvalue weighted by molar-refractivity contribution is 0.259. The topological polar surface area (TPSA) is 15.3 Å². The molecule has 0 aromatic carbocycles. The monoisotopic (exact) mass is 132 g/mol. The van der Waals surface area contributed by atoms with Gasteiger partial charge in [0.15, 0.2) is 0 Å². The molecule has 8 heavy (non-hydrogen) atoms. The van der Waals surface area contributed by atoms with Gasteiger partial charge in [-0.3, -0.25) is 0 Å². The van der Waals surface area contributed by atoms with Crippen molar-refractivity contribution in [2.24, 2.45) is 0 Å². The Balaban J connectivity index is 2.03. The van der Waals surface area contributed by atoms with Crippen molar-refractivity contribution in [3.8, 4) is 0 Å². The molecule has 0 saturated carbocycles. The first kappa shape index (κ1) is 6.39. The summed E-state index contributed by atoms with van der Waals surface area (Å²) in [6, 6.07) is 0.752. The number of likely N-dealkylation sites (N-methyl/N-ethyl adjacent to an activating group) is 1. The van der Waals surface area contributed by atoms with Gasteiger partial charge in [0.1, 0.15) is 0 Å². The van der Waals surface area contributed by atoms with Crippen LogP contribution in [0.25, 0.3) is 0 Å². The summed E-state index contributed by atoms with van der Waals surface area (Å²) in [7, 11) is 2.02. The normalized spacial score (nSPS) is 23.2. The van der Waals surface area contributed by atoms with Crippen LogP contribution in [0.4, 0.5) is 0 Å². The fourth-order valence-electron chi connectivity index (χ4n) is 0.770. The fraction of sp³-hybridized carbons (Fsp3) is 1.00. The number of nitrogens with zero attached hydrogens (tertiary/aromatic N) is 1. The molecule has 1 aliphatic rings. The Kier molecular flexibility index (Phi) is 2.16. The second kappa shape index (κ2) is 2.71. The fourth-order valence-corrected chi connectivity index (χ4v) is 1.43. The third kappa shape index (κ3) is 1.16. The van der Waals surface area contributed by atoms with Gasteiger partial charge in [-0.1, -0.05) is 11.9 Å². The van der Waals surface area contributed by atoms with Gasteiger partial charge in [0.05, 0.1) is 0 Å². The third-order valence-electron chi connectivity index (χ3n) is 1.51. The summed E-state index contributed by atoms with van der Waals surface area (Å²) < 4.78 is 2.33. The van der Waals surface area contributed by atoms with Crippen molar-refractivity contribution in [3.05, 3.63) is 0 Å². The summed E-state index contributed by atoms with van der Waals surface area (Å²) in [6.45, 7) is 2.41. The van der Waals surface area contributed by atoms with Crippen LogP contribution in [0.3, 0.4) is 0 Å². The van der Waals surface area contributed by atoms with E-state index in [9.17, 15) is 0 Å². The highest BCUT2D eigenvalue weighted by Gasteiger charge is 2.23. The lowest BCUT2D eigenvalue weighted by atomic mass is 10.2. The van der Waals surface area contributed by atoms with E-state index in [0.29, 0.717) is 0 Å². The van der Waals surface area contributed by atoms with Crippen molar-refractivity contribution in [2.75, 3.05) is 26.4 Å². The van der Waals surface area contributed by atoms with Gasteiger partial charge >= 0.3 is 0 Å². The van der Waals surface area contributed by atoms with E-state index in [1.54, 1.807) is 0 Å². The zero-order valence-corrected chi connectivity index (χ0v) is 6.16. The lowest BCUT2D eigenvalue weighted by Crippen LogP contribution is -2.53. The standard InChI is InChI=1S/C5H12N2S/c1-6-5-3-7(4-5)8-2/h5-6H,3-4H2,1-2H3. The minimum atomic E-state index is 0.752. The van der Waals surface area contributed by atoms with Crippen molar-refractivity contribution in [2.45, 2.75) is 6.04 Å². The molecule has 2 nitrogen and oxygen atoms in total. The van der Waals surface area contributed by atoms with Crippen molar-refractivity contribution in [1.82, 2.24) is 9.62 Å². The molecular weight excluding hydrogens is 120 g/mol. The van der Waals surface area contributed by atoms with Gasteiger partial charge in [0.2, 0.25) is 0 Å². The minimum Gasteiger partial charge on any atom is -0.314 e. The molecule has 1 saturated heterocycles. The average Bonchev–Trinajstić information content (AvgIpc) is 1.65. The predicted molar refractivity (Wildman–Crippen MR) is 37.9 cm³/mol. The Morgan fingerprint density at radius 2 is 2.25 bits per heavy atom. The van der Waals surface area contributed by atoms with E-state index in [1.165, 1.54) is 13.1 Å². The molecule has 0 aromatic rings. The molecule has 0 spiro atoms. The Hall–Kier alpha value is 0.270. The third-order valence-corrected chi connectivity index (χ3v) is 2.33. The molecule has 0 aromatic heterocycles. The summed E-state index contributed by atoms with van der Waals surface area (Å²) in [5, 5.41) is 3.21. The molecule has 1 fully saturated rings. The van der Waals surface area contributed by atoms with Gasteiger partial charge in [-0.25, -0.2) is 4.31 Å². The number of hydrogen-bond donors (Lipinski definition) is 1. The maximum absolute atomic E-state index is 3.21. The highest BCUT2D eigenvalue weighted by Crippen LogP contribution is 2.15. The molecule has 1 aliphatic heterocycles. The smallest absolute Gasteiger partial charge is 0.0338 e. The van der Waals surface area contributed by atoms with Crippen LogP contribution in [0, 0.1) is 0 Å². The van der Waals surface area contributed by atoms with Crippen LogP contribution >= 0.6 is 11.9 Å². The average molecular weight is 132 g/mol. The molecule has 1 N–H and O–H groups in total. The predicted octanol–water partition coefficient (Wildman–Crippen LogP) is 0.168. The highest BCUT2D eigenvalue weighted by atomic mass is 32.2. The Labute approximate surface area is 54.8 Å². The quantitative estimate of drug-likeness (QED) is 0.539. The Bertz CT molecular complexity index is 62.8. The summed E-state index contributed by atoms with van der Waals surface area (Å²) in [5.41, 5.74) is 0. The lowest BCUT2D eigenvalue weighted by Gasteiger charge is -2.36. The molecule has 0 radical (unpaired) electrons. The van der Waals surface area contributed by atoms with Crippen LogP contribution in [0.5, 0.6) is 0 Å². The van der Waals surface area contributed by atoms with Crippen molar-refractivity contribution >= 4 is 11.9 Å². The van der Waals surface area contributed by atoms with E-state index >= 15 is 0 Å². The van der Waals surface area contributed by atoms with Gasteiger partial charge < -0.3 is 5.32 Å². The van der Waals surface area contributed by atoms with Crippen molar-refractivity contribution < 1.29 is 0 Å². The van der Waals surface area contributed by atoms with Crippen LogP contribution in [-0.4, -0.2) is 36.7 Å². The second-order valence-corrected chi connectivity index (χ2v) is 2.90. The number of nitrogens with one attached hydrogen (secondary N) is 1. The van der Waals surface area contributed by atoms with E-state index in [4.69, 9.17) is 0 Å². The zero-order valence-electron chi connectivity index (χ0n) is 5.35. The van der Waals surface area contributed by atoms with Gasteiger partial charge in [-0.2, -0.15) is 0 Å². The summed E-state index contributed by atoms with van der Waals surface area (Å²) in [4.78, 5) is 0. The Morgan fingerprint density at radius 1 is 1.62 bits per heavy atom. The van der Waals surface area contributed by atoms with E-state index in [2.05, 4.69) is 15.9 Å². The van der Waals surface area contributed by atoms with Crippen molar-refractivity contribution in [3.63, 3.8) is 0 Å². The van der Waals surface area contributed by atoms with Gasteiger partial charge in [-0.15, -0.1) is 0 Å². The molecule has 0 amide bonds. The molecule has 1 rings (SSSR count). The van der Waals surface area contributed by atoms with Gasteiger partial charge in [-0.05, 0) is 13.3 Å². The molecule has 0 atom stereocenters. The highest BCUT2D eigenvalue weighted by molar-refractivity contribution is 7.96. The van der Waals surface area contributed by atoms with E-state index in [0.717, 1.165) is 6.04 Å². The Morgan fingerprint density at radius 3 is 2.62 bits per heavy atom. The van der Waals surface area contributed by atoms with Crippen LogP contribution in [-0.2, 0) is 0 Å². The van der Waals surface area contributed by atoms with E-state index in [-0.39, 0.29) is 0 Å². The molecule has 1 heterocycles. The SMILES string of the molecule is CNC1CN(SC)C1. The first-order chi connectivity index (χ1) is 3.86. The van der Waals surface area contributed by atoms with Crippen LogP contribution in [0.15, 0.2) is 0 Å². The second-order valence-electron chi connectivity index (χ2n) is 2.02. The zero-order chi connectivity index (χ0) is 5.98. The van der Waals surface area contributed by atoms with E-state index < -0.39 is 0 Å². The molecular formula is C5H12N2S. The largest absolute Gasteiger partial charge is 0.314 e. The van der Waals surface area contributed by atoms with Gasteiger partial charge in [0, 0.05) is 19.1 Å². The molecule has 3 heteroatoms. The molecule has 48 valence electrons. The molecule has 0 bridgehead atoms. The van der Waals surface area contributed by atoms with Gasteiger partial charge in [0.25, 0.3) is 0 Å². The van der Waals surface area contributed by atoms with E-state index in [1.807, 2.05) is 19.0 Å². The summed E-state index contributed by atoms with van der Waals surface area (Å²) in [5.74, 6) is 0. The number of hydrogen-bond acceptors (Lipinski definition) is 3. The van der Waals surface area contributed by atoms with Crippen molar-refractivity contribution in [1.29, 1.82) is 0 Å². The molecule has 0 unspecified atom stereocenters. The minimum absolute atomic E-state index is 0.752.